The molecular weight excluding hydrogens is 988 g/mol. The first kappa shape index (κ1) is 51.5. The molecule has 0 saturated carbocycles. The van der Waals surface area contributed by atoms with Crippen LogP contribution in [0.3, 0.4) is 0 Å². The summed E-state index contributed by atoms with van der Waals surface area (Å²) in [4.78, 5) is 17.9. The van der Waals surface area contributed by atoms with Crippen LogP contribution in [0.1, 0.15) is 125 Å². The number of fused-ring (bicyclic) bond motifs is 2. The van der Waals surface area contributed by atoms with Crippen molar-refractivity contribution >= 4 is 38.0 Å². The van der Waals surface area contributed by atoms with Crippen LogP contribution in [0.5, 0.6) is 0 Å². The zero-order valence-corrected chi connectivity index (χ0v) is 42.3. The van der Waals surface area contributed by atoms with E-state index in [1.54, 1.807) is 11.3 Å². The van der Waals surface area contributed by atoms with Crippen LogP contribution in [0.25, 0.3) is 53.7 Å². The van der Waals surface area contributed by atoms with Gasteiger partial charge in [0.1, 0.15) is 0 Å². The molecule has 0 aliphatic carbocycles. The zero-order valence-electron chi connectivity index (χ0n) is 39.1. The summed E-state index contributed by atoms with van der Waals surface area (Å²) >= 11 is 1.78. The van der Waals surface area contributed by atoms with E-state index in [1.807, 2.05) is 58.2 Å². The number of benzene rings is 4. The normalized spacial score (nSPS) is 12.7. The number of hydrogen-bond acceptors (Lipinski definition) is 4. The molecule has 0 fully saturated rings. The van der Waals surface area contributed by atoms with Crippen LogP contribution in [-0.4, -0.2) is 22.1 Å². The first-order valence-electron chi connectivity index (χ1n) is 22.1. The Morgan fingerprint density at radius 1 is 0.730 bits per heavy atom. The van der Waals surface area contributed by atoms with Gasteiger partial charge in [0.2, 0.25) is 0 Å². The Kier molecular flexibility index (Phi) is 17.0. The number of carbonyl (C=O) groups is 1. The molecule has 63 heavy (non-hydrogen) atoms. The number of alkyl halides is 3. The molecule has 0 unspecified atom stereocenters. The molecule has 0 saturated heterocycles. The molecule has 3 nitrogen and oxygen atoms in total. The van der Waals surface area contributed by atoms with Gasteiger partial charge in [0.15, 0.2) is 5.78 Å². The van der Waals surface area contributed by atoms with Crippen molar-refractivity contribution in [2.75, 3.05) is 0 Å². The molecule has 1 radical (unpaired) electrons. The fourth-order valence-electron chi connectivity index (χ4n) is 8.16. The molecule has 339 valence electrons. The van der Waals surface area contributed by atoms with E-state index < -0.39 is 11.6 Å². The molecule has 0 bridgehead atoms. The second kappa shape index (κ2) is 20.8. The summed E-state index contributed by atoms with van der Waals surface area (Å²) in [6, 6.07) is 32.5. The van der Waals surface area contributed by atoms with E-state index in [2.05, 4.69) is 108 Å². The molecule has 2 aromatic heterocycles. The van der Waals surface area contributed by atoms with E-state index in [4.69, 9.17) is 4.98 Å². The zero-order chi connectivity index (χ0) is 45.8. The maximum atomic E-state index is 13.4. The minimum Gasteiger partial charge on any atom is -0.512 e. The van der Waals surface area contributed by atoms with Crippen LogP contribution in [-0.2, 0) is 42.2 Å². The smallest absolute Gasteiger partial charge is 0.394 e. The minimum absolute atomic E-state index is 0. The average molecular weight is 1050 g/mol. The molecule has 0 atom stereocenters. The second-order valence-corrected chi connectivity index (χ2v) is 20.3. The van der Waals surface area contributed by atoms with Gasteiger partial charge in [0.25, 0.3) is 0 Å². The molecule has 6 rings (SSSR count). The SMILES string of the molecule is CC(C)(C)c1cc(-c2nccc3c(C(C)(C)C)c(-c4ccc(-c5ccc(CC(C)(C)C(F)(F)F)cc5)cc4)sc23)[c-]c2ccccc12.CCC(CC)C(=O)/C=C(\O)C(CC)CC.[Ir]. The van der Waals surface area contributed by atoms with Gasteiger partial charge < -0.3 is 5.11 Å². The molecule has 1 N–H and O–H groups in total. The Labute approximate surface area is 392 Å². The molecule has 0 spiro atoms. The molecule has 4 aromatic carbocycles. The minimum atomic E-state index is -4.25. The van der Waals surface area contributed by atoms with Gasteiger partial charge in [-0.05, 0) is 82.2 Å². The predicted octanol–water partition coefficient (Wildman–Crippen LogP) is 16.8. The summed E-state index contributed by atoms with van der Waals surface area (Å²) in [5, 5.41) is 13.3. The van der Waals surface area contributed by atoms with Gasteiger partial charge in [-0.25, -0.2) is 0 Å². The topological polar surface area (TPSA) is 50.2 Å². The van der Waals surface area contributed by atoms with E-state index in [0.29, 0.717) is 5.56 Å². The standard InChI is InChI=1S/C42H41F3NS.C13H24O2.Ir/c1-39(2,3)34-24-31(23-30-11-9-10-12-32(30)34)36-38-33(21-22-46-36)35(40(4,5)6)37(47-38)29-19-17-28(18-20-29)27-15-13-26(14-16-27)25-41(7,8)42(43,44)45;1-5-10(6-2)12(14)9-13(15)11(7-3)8-4;/h9-22,24H,25H2,1-8H3;9-11,14H,5-8H2,1-4H3;/q-1;;/b;12-9-;. The third-order valence-electron chi connectivity index (χ3n) is 12.1. The van der Waals surface area contributed by atoms with Crippen molar-refractivity contribution < 1.29 is 43.2 Å². The Balaban J connectivity index is 0.000000467. The number of rotatable bonds is 12. The van der Waals surface area contributed by atoms with Crippen molar-refractivity contribution in [3.63, 3.8) is 0 Å². The van der Waals surface area contributed by atoms with Crippen molar-refractivity contribution in [1.82, 2.24) is 4.98 Å². The summed E-state index contributed by atoms with van der Waals surface area (Å²) in [5.74, 6) is 0.547. The number of ketones is 1. The van der Waals surface area contributed by atoms with Crippen molar-refractivity contribution in [2.24, 2.45) is 17.3 Å². The summed E-state index contributed by atoms with van der Waals surface area (Å²) in [5.41, 5.74) is 6.40. The van der Waals surface area contributed by atoms with Gasteiger partial charge in [0.05, 0.1) is 11.2 Å². The number of halogens is 3. The average Bonchev–Trinajstić information content (AvgIpc) is 3.62. The van der Waals surface area contributed by atoms with Crippen molar-refractivity contribution in [3.8, 4) is 32.8 Å². The van der Waals surface area contributed by atoms with Gasteiger partial charge in [-0.2, -0.15) is 13.2 Å². The number of pyridine rings is 1. The van der Waals surface area contributed by atoms with E-state index in [0.717, 1.165) is 63.7 Å². The molecule has 6 aromatic rings. The summed E-state index contributed by atoms with van der Waals surface area (Å²) in [6.45, 7) is 24.1. The van der Waals surface area contributed by atoms with Gasteiger partial charge in [-0.15, -0.1) is 40.5 Å². The van der Waals surface area contributed by atoms with E-state index >= 15 is 0 Å². The summed E-state index contributed by atoms with van der Waals surface area (Å²) < 4.78 is 41.4. The second-order valence-electron chi connectivity index (χ2n) is 19.3. The third kappa shape index (κ3) is 12.0. The van der Waals surface area contributed by atoms with Crippen LogP contribution in [0.4, 0.5) is 13.2 Å². The number of allylic oxidation sites excluding steroid dienone is 2. The van der Waals surface area contributed by atoms with Gasteiger partial charge >= 0.3 is 6.18 Å². The Bertz CT molecular complexity index is 2490. The third-order valence-corrected chi connectivity index (χ3v) is 13.4. The Morgan fingerprint density at radius 2 is 1.27 bits per heavy atom. The fourth-order valence-corrected chi connectivity index (χ4v) is 9.68. The van der Waals surface area contributed by atoms with Crippen molar-refractivity contribution in [2.45, 2.75) is 132 Å². The number of aliphatic hydroxyl groups excluding tert-OH is 1. The fraction of sp³-hybridized carbons (Fsp3) is 0.418. The molecule has 0 aliphatic rings. The van der Waals surface area contributed by atoms with Gasteiger partial charge in [0, 0.05) is 59.5 Å². The number of carbonyl (C=O) groups excluding carboxylic acids is 1. The first-order valence-corrected chi connectivity index (χ1v) is 22.9. The van der Waals surface area contributed by atoms with Gasteiger partial charge in [-0.1, -0.05) is 161 Å². The molecule has 2 heterocycles. The van der Waals surface area contributed by atoms with Crippen LogP contribution < -0.4 is 0 Å². The van der Waals surface area contributed by atoms with Crippen LogP contribution in [0.2, 0.25) is 0 Å². The van der Waals surface area contributed by atoms with Crippen molar-refractivity contribution in [3.05, 3.63) is 126 Å². The molecule has 0 amide bonds. The largest absolute Gasteiger partial charge is 0.512 e. The number of aromatic nitrogens is 1. The molecule has 0 aliphatic heterocycles. The molecular formula is C55H65F3IrNO2S-. The van der Waals surface area contributed by atoms with E-state index in [1.165, 1.54) is 46.7 Å². The maximum Gasteiger partial charge on any atom is 0.394 e. The number of thiophene rings is 1. The summed E-state index contributed by atoms with van der Waals surface area (Å²) in [6.07, 6.45) is 2.53. The van der Waals surface area contributed by atoms with Crippen LogP contribution >= 0.6 is 11.3 Å². The van der Waals surface area contributed by atoms with Crippen LogP contribution in [0, 0.1) is 23.3 Å². The van der Waals surface area contributed by atoms with Crippen molar-refractivity contribution in [1.29, 1.82) is 0 Å². The Morgan fingerprint density at radius 3 is 1.79 bits per heavy atom. The maximum absolute atomic E-state index is 13.4. The molecule has 8 heteroatoms. The first-order chi connectivity index (χ1) is 29.0. The van der Waals surface area contributed by atoms with Gasteiger partial charge in [-0.3, -0.25) is 9.78 Å². The monoisotopic (exact) mass is 1050 g/mol. The number of hydrogen-bond donors (Lipinski definition) is 1. The summed E-state index contributed by atoms with van der Waals surface area (Å²) in [7, 11) is 0. The van der Waals surface area contributed by atoms with E-state index in [-0.39, 0.29) is 60.7 Å². The Hall–Kier alpha value is -4.10. The quantitative estimate of drug-likeness (QED) is 0.0755. The number of aliphatic hydroxyl groups is 1. The number of nitrogens with zero attached hydrogens (tertiary/aromatic N) is 1. The van der Waals surface area contributed by atoms with Crippen LogP contribution in [0.15, 0.2) is 103 Å². The predicted molar refractivity (Wildman–Crippen MR) is 257 cm³/mol. The van der Waals surface area contributed by atoms with E-state index in [9.17, 15) is 23.1 Å².